The van der Waals surface area contributed by atoms with Gasteiger partial charge in [-0.3, -0.25) is 0 Å². The fourth-order valence-corrected chi connectivity index (χ4v) is 6.70. The second kappa shape index (κ2) is 10.6. The normalized spacial score (nSPS) is 13.1. The van der Waals surface area contributed by atoms with Gasteiger partial charge in [0.2, 0.25) is 0 Å². The Labute approximate surface area is 252 Å². The first kappa shape index (κ1) is 26.1. The highest BCUT2D eigenvalue weighted by Gasteiger charge is 2.46. The minimum Gasteiger partial charge on any atom is -0.307 e. The van der Waals surface area contributed by atoms with Crippen molar-refractivity contribution < 1.29 is 0 Å². The monoisotopic (exact) mass is 548 g/mol. The van der Waals surface area contributed by atoms with Gasteiger partial charge < -0.3 is 5.41 Å². The third kappa shape index (κ3) is 4.14. The largest absolute Gasteiger partial charge is 0.307 e. The van der Waals surface area contributed by atoms with E-state index in [0.29, 0.717) is 5.57 Å². The van der Waals surface area contributed by atoms with Crippen molar-refractivity contribution in [1.82, 2.24) is 0 Å². The topological polar surface area (TPSA) is 47.6 Å². The summed E-state index contributed by atoms with van der Waals surface area (Å²) in [6, 6.07) is 52.2. The van der Waals surface area contributed by atoms with E-state index in [2.05, 4.69) is 134 Å². The van der Waals surface area contributed by atoms with Crippen molar-refractivity contribution in [3.05, 3.63) is 186 Å². The van der Waals surface area contributed by atoms with Crippen LogP contribution in [0.1, 0.15) is 27.8 Å². The Morgan fingerprint density at radius 1 is 0.674 bits per heavy atom. The molecule has 0 spiro atoms. The Bertz CT molecular complexity index is 2050. The van der Waals surface area contributed by atoms with Crippen LogP contribution in [-0.4, -0.2) is 6.21 Å². The molecule has 1 aliphatic rings. The van der Waals surface area contributed by atoms with E-state index in [0.717, 1.165) is 22.9 Å². The van der Waals surface area contributed by atoms with Crippen molar-refractivity contribution in [3.8, 4) is 28.3 Å². The number of allylic oxidation sites excluding steroid dienone is 3. The molecule has 0 radical (unpaired) electrons. The first-order chi connectivity index (χ1) is 21.1. The lowest BCUT2D eigenvalue weighted by molar-refractivity contribution is 0.769. The zero-order valence-corrected chi connectivity index (χ0v) is 23.6. The van der Waals surface area contributed by atoms with Gasteiger partial charge in [0, 0.05) is 6.21 Å². The molecule has 0 amide bonds. The number of fused-ring (bicyclic) bond motifs is 5. The third-order valence-corrected chi connectivity index (χ3v) is 8.64. The Morgan fingerprint density at radius 2 is 1.28 bits per heavy atom. The molecule has 1 aliphatic carbocycles. The Kier molecular flexibility index (Phi) is 6.42. The van der Waals surface area contributed by atoms with Crippen molar-refractivity contribution in [2.75, 3.05) is 0 Å². The van der Waals surface area contributed by atoms with Crippen LogP contribution in [0.15, 0.2) is 158 Å². The van der Waals surface area contributed by atoms with Crippen molar-refractivity contribution in [2.24, 2.45) is 0 Å². The van der Waals surface area contributed by atoms with Gasteiger partial charge >= 0.3 is 0 Å². The van der Waals surface area contributed by atoms with Crippen LogP contribution >= 0.6 is 0 Å². The maximum absolute atomic E-state index is 9.20. The number of benzene rings is 6. The molecule has 0 bridgehead atoms. The molecule has 2 heteroatoms. The van der Waals surface area contributed by atoms with E-state index in [1.807, 2.05) is 18.2 Å². The fourth-order valence-electron chi connectivity index (χ4n) is 6.70. The molecule has 0 saturated heterocycles. The van der Waals surface area contributed by atoms with E-state index in [4.69, 9.17) is 5.41 Å². The molecule has 0 atom stereocenters. The summed E-state index contributed by atoms with van der Waals surface area (Å²) < 4.78 is 0. The minimum absolute atomic E-state index is 0.277. The first-order valence-electron chi connectivity index (χ1n) is 14.4. The highest BCUT2D eigenvalue weighted by atomic mass is 14.5. The zero-order valence-electron chi connectivity index (χ0n) is 23.6. The number of hydrogen-bond donors (Lipinski definition) is 1. The summed E-state index contributed by atoms with van der Waals surface area (Å²) in [6.07, 6.45) is 2.70. The molecule has 1 N–H and O–H groups in total. The summed E-state index contributed by atoms with van der Waals surface area (Å²) >= 11 is 0. The summed E-state index contributed by atoms with van der Waals surface area (Å²) in [6.45, 7) is 4.11. The number of hydrogen-bond acceptors (Lipinski definition) is 2. The molecule has 0 aromatic heterocycles. The van der Waals surface area contributed by atoms with Crippen LogP contribution in [-0.2, 0) is 5.41 Å². The van der Waals surface area contributed by atoms with Gasteiger partial charge in [0.05, 0.1) is 11.0 Å². The van der Waals surface area contributed by atoms with E-state index in [-0.39, 0.29) is 5.57 Å². The predicted octanol–water partition coefficient (Wildman–Crippen LogP) is 9.98. The average Bonchev–Trinajstić information content (AvgIpc) is 3.39. The summed E-state index contributed by atoms with van der Waals surface area (Å²) in [4.78, 5) is 0. The average molecular weight is 549 g/mol. The molecule has 0 heterocycles. The summed E-state index contributed by atoms with van der Waals surface area (Å²) in [7, 11) is 0. The maximum Gasteiger partial charge on any atom is 0.101 e. The van der Waals surface area contributed by atoms with Gasteiger partial charge in [0.15, 0.2) is 0 Å². The fraction of sp³-hybridized carbons (Fsp3) is 0.0244. The standard InChI is InChI=1S/C41H28N2/c1-28(24-29(26-42)27-43)30-16-18-31(19-17-30)33-21-22-38-37(25-33)40-36-15-9-8-10-32(36)20-23-39(40)41(38,34-11-4-2-5-12-34)35-13-6-3-7-14-35/h2-26,42H,1H2/b29-24+,42-26?. The Morgan fingerprint density at radius 3 is 1.93 bits per heavy atom. The maximum atomic E-state index is 9.20. The molecule has 7 rings (SSSR count). The number of rotatable bonds is 6. The summed E-state index contributed by atoms with van der Waals surface area (Å²) in [5.41, 5.74) is 11.3. The second-order valence-electron chi connectivity index (χ2n) is 10.9. The highest BCUT2D eigenvalue weighted by Crippen LogP contribution is 2.58. The molecule has 0 saturated carbocycles. The molecule has 202 valence electrons. The third-order valence-electron chi connectivity index (χ3n) is 8.64. The number of nitrogens with zero attached hydrogens (tertiary/aromatic N) is 1. The van der Waals surface area contributed by atoms with Crippen LogP contribution in [0.4, 0.5) is 0 Å². The summed E-state index contributed by atoms with van der Waals surface area (Å²) in [5, 5.41) is 19.1. The van der Waals surface area contributed by atoms with E-state index < -0.39 is 5.41 Å². The van der Waals surface area contributed by atoms with Gasteiger partial charge in [0.25, 0.3) is 0 Å². The van der Waals surface area contributed by atoms with E-state index in [9.17, 15) is 5.26 Å². The number of nitrogens with one attached hydrogen (secondary N) is 1. The lowest BCUT2D eigenvalue weighted by atomic mass is 9.67. The van der Waals surface area contributed by atoms with Crippen LogP contribution in [0.2, 0.25) is 0 Å². The van der Waals surface area contributed by atoms with E-state index in [1.165, 1.54) is 44.2 Å². The molecule has 6 aromatic rings. The van der Waals surface area contributed by atoms with E-state index in [1.54, 1.807) is 6.08 Å². The number of nitriles is 1. The van der Waals surface area contributed by atoms with Gasteiger partial charge in [-0.1, -0.05) is 140 Å². The first-order valence-corrected chi connectivity index (χ1v) is 14.4. The second-order valence-corrected chi connectivity index (χ2v) is 10.9. The van der Waals surface area contributed by atoms with Crippen LogP contribution in [0.3, 0.4) is 0 Å². The van der Waals surface area contributed by atoms with Crippen LogP contribution in [0.25, 0.3) is 38.6 Å². The molecule has 0 fully saturated rings. The smallest absolute Gasteiger partial charge is 0.101 e. The molecule has 43 heavy (non-hydrogen) atoms. The van der Waals surface area contributed by atoms with Gasteiger partial charge in [-0.25, -0.2) is 0 Å². The summed E-state index contributed by atoms with van der Waals surface area (Å²) in [5.74, 6) is 0. The van der Waals surface area contributed by atoms with Gasteiger partial charge in [0.1, 0.15) is 6.07 Å². The SMILES string of the molecule is C=C(/C=C(/C#N)C=N)c1ccc(-c2ccc3c(c2)-c2c(ccc4ccccc24)C3(c2ccccc2)c2ccccc2)cc1. The van der Waals surface area contributed by atoms with Crippen LogP contribution < -0.4 is 0 Å². The highest BCUT2D eigenvalue weighted by molar-refractivity contribution is 6.04. The van der Waals surface area contributed by atoms with Crippen LogP contribution in [0.5, 0.6) is 0 Å². The molecular formula is C41H28N2. The van der Waals surface area contributed by atoms with Crippen molar-refractivity contribution in [3.63, 3.8) is 0 Å². The molecule has 0 aliphatic heterocycles. The predicted molar refractivity (Wildman–Crippen MR) is 178 cm³/mol. The Balaban J connectivity index is 1.46. The van der Waals surface area contributed by atoms with E-state index >= 15 is 0 Å². The molecule has 0 unspecified atom stereocenters. The zero-order chi connectivity index (χ0) is 29.4. The van der Waals surface area contributed by atoms with Crippen molar-refractivity contribution >= 4 is 22.6 Å². The van der Waals surface area contributed by atoms with Crippen LogP contribution in [0, 0.1) is 16.7 Å². The van der Waals surface area contributed by atoms with Gasteiger partial charge in [-0.2, -0.15) is 5.26 Å². The Hall–Kier alpha value is -5.78. The minimum atomic E-state index is -0.447. The van der Waals surface area contributed by atoms with Crippen molar-refractivity contribution in [2.45, 2.75) is 5.41 Å². The van der Waals surface area contributed by atoms with Gasteiger partial charge in [-0.05, 0) is 78.6 Å². The molecular weight excluding hydrogens is 520 g/mol. The van der Waals surface area contributed by atoms with Gasteiger partial charge in [-0.15, -0.1) is 0 Å². The molecule has 6 aromatic carbocycles. The molecule has 2 nitrogen and oxygen atoms in total. The van der Waals surface area contributed by atoms with Crippen molar-refractivity contribution in [1.29, 1.82) is 10.7 Å². The lowest BCUT2D eigenvalue weighted by Gasteiger charge is -2.34. The quantitative estimate of drug-likeness (QED) is 0.125. The lowest BCUT2D eigenvalue weighted by Crippen LogP contribution is -2.28.